The van der Waals surface area contributed by atoms with Gasteiger partial charge in [0.05, 0.1) is 24.9 Å². The van der Waals surface area contributed by atoms with Gasteiger partial charge < -0.3 is 9.64 Å². The second-order valence-corrected chi connectivity index (χ2v) is 5.80. The van der Waals surface area contributed by atoms with E-state index in [9.17, 15) is 9.59 Å². The zero-order valence-electron chi connectivity index (χ0n) is 12.3. The van der Waals surface area contributed by atoms with Gasteiger partial charge in [0.15, 0.2) is 0 Å². The van der Waals surface area contributed by atoms with Crippen molar-refractivity contribution in [1.29, 1.82) is 0 Å². The van der Waals surface area contributed by atoms with Crippen molar-refractivity contribution in [2.75, 3.05) is 7.11 Å². The molecule has 0 atom stereocenters. The van der Waals surface area contributed by atoms with Crippen molar-refractivity contribution in [2.24, 2.45) is 0 Å². The first-order chi connectivity index (χ1) is 11.1. The van der Waals surface area contributed by atoms with E-state index in [0.29, 0.717) is 17.7 Å². The predicted molar refractivity (Wildman–Crippen MR) is 88.6 cm³/mol. The number of ether oxygens (including phenoxy) is 1. The molecule has 2 heterocycles. The lowest BCUT2D eigenvalue weighted by molar-refractivity contribution is 0.0600. The van der Waals surface area contributed by atoms with Crippen molar-refractivity contribution in [2.45, 2.75) is 6.54 Å². The third-order valence-electron chi connectivity index (χ3n) is 3.54. The predicted octanol–water partition coefficient (Wildman–Crippen LogP) is 3.26. The molecule has 0 saturated carbocycles. The van der Waals surface area contributed by atoms with E-state index in [0.717, 1.165) is 15.9 Å². The van der Waals surface area contributed by atoms with E-state index in [-0.39, 0.29) is 5.91 Å². The number of fused-ring (bicyclic) bond motifs is 1. The summed E-state index contributed by atoms with van der Waals surface area (Å²) < 4.78 is 5.38. The number of esters is 1. The molecule has 0 radical (unpaired) electrons. The van der Waals surface area contributed by atoms with Gasteiger partial charge in [-0.2, -0.15) is 0 Å². The Hall–Kier alpha value is -2.47. The minimum atomic E-state index is -0.426. The number of benzene rings is 1. The van der Waals surface area contributed by atoms with Crippen LogP contribution in [0.4, 0.5) is 0 Å². The highest BCUT2D eigenvalue weighted by Crippen LogP contribution is 2.22. The molecule has 1 aromatic carbocycles. The van der Waals surface area contributed by atoms with Gasteiger partial charge in [0.2, 0.25) is 0 Å². The van der Waals surface area contributed by atoms with Gasteiger partial charge in [-0.25, -0.2) is 9.78 Å². The average molecular weight is 373 g/mol. The van der Waals surface area contributed by atoms with E-state index >= 15 is 0 Å². The molecule has 1 aromatic heterocycles. The molecule has 23 heavy (non-hydrogen) atoms. The molecule has 0 fully saturated rings. The summed E-state index contributed by atoms with van der Waals surface area (Å²) in [5, 5.41) is 0. The monoisotopic (exact) mass is 372 g/mol. The first-order valence-electron chi connectivity index (χ1n) is 6.91. The van der Waals surface area contributed by atoms with Gasteiger partial charge in [-0.1, -0.05) is 6.07 Å². The maximum atomic E-state index is 12.6. The second-order valence-electron chi connectivity index (χ2n) is 4.99. The van der Waals surface area contributed by atoms with E-state index in [1.165, 1.54) is 7.11 Å². The molecule has 1 amide bonds. The molecule has 2 aromatic rings. The van der Waals surface area contributed by atoms with Crippen molar-refractivity contribution in [3.63, 3.8) is 0 Å². The third kappa shape index (κ3) is 3.17. The van der Waals surface area contributed by atoms with Crippen LogP contribution in [0.1, 0.15) is 32.0 Å². The molecular formula is C17H13BrN2O3. The molecule has 116 valence electrons. The van der Waals surface area contributed by atoms with Crippen LogP contribution in [-0.4, -0.2) is 28.9 Å². The summed E-state index contributed by atoms with van der Waals surface area (Å²) in [6.07, 6.45) is 3.60. The molecule has 0 saturated heterocycles. The van der Waals surface area contributed by atoms with Crippen LogP contribution in [0.5, 0.6) is 0 Å². The van der Waals surface area contributed by atoms with Crippen LogP contribution in [0.2, 0.25) is 0 Å². The molecule has 1 aliphatic heterocycles. The topological polar surface area (TPSA) is 59.5 Å². The molecule has 0 unspecified atom stereocenters. The number of nitrogens with zero attached hydrogens (tertiary/aromatic N) is 2. The zero-order chi connectivity index (χ0) is 16.4. The Kier molecular flexibility index (Phi) is 4.25. The van der Waals surface area contributed by atoms with Gasteiger partial charge >= 0.3 is 5.97 Å². The summed E-state index contributed by atoms with van der Waals surface area (Å²) >= 11 is 3.34. The number of hydrogen-bond donors (Lipinski definition) is 0. The van der Waals surface area contributed by atoms with Crippen LogP contribution in [0.15, 0.2) is 47.2 Å². The van der Waals surface area contributed by atoms with Crippen molar-refractivity contribution < 1.29 is 14.3 Å². The van der Waals surface area contributed by atoms with Crippen molar-refractivity contribution in [3.8, 4) is 0 Å². The van der Waals surface area contributed by atoms with Crippen molar-refractivity contribution in [1.82, 2.24) is 9.88 Å². The first kappa shape index (κ1) is 15.4. The Bertz CT molecular complexity index is 800. The Labute approximate surface area is 141 Å². The van der Waals surface area contributed by atoms with E-state index in [4.69, 9.17) is 0 Å². The third-order valence-corrected chi connectivity index (χ3v) is 3.99. The molecule has 0 bridgehead atoms. The fourth-order valence-corrected chi connectivity index (χ4v) is 2.67. The van der Waals surface area contributed by atoms with Gasteiger partial charge in [0.1, 0.15) is 4.60 Å². The zero-order valence-corrected chi connectivity index (χ0v) is 13.9. The summed E-state index contributed by atoms with van der Waals surface area (Å²) in [6, 6.07) is 10.2. The Morgan fingerprint density at radius 3 is 2.52 bits per heavy atom. The summed E-state index contributed by atoms with van der Waals surface area (Å²) in [5.41, 5.74) is 2.75. The highest BCUT2D eigenvalue weighted by atomic mass is 79.9. The number of pyridine rings is 1. The van der Waals surface area contributed by atoms with Crippen LogP contribution in [0, 0.1) is 0 Å². The number of hydrogen-bond acceptors (Lipinski definition) is 4. The molecule has 0 spiro atoms. The molecule has 1 aliphatic rings. The van der Waals surface area contributed by atoms with E-state index in [1.54, 1.807) is 35.4 Å². The Balaban J connectivity index is 1.80. The van der Waals surface area contributed by atoms with Gasteiger partial charge in [-0.05, 0) is 57.9 Å². The standard InChI is InChI=1S/C17H13BrN2O3/c1-23-17(22)13-4-2-12(3-5-13)16(21)20-9-8-11-6-7-15(18)19-14(11)10-20/h2-9H,10H2,1H3. The quantitative estimate of drug-likeness (QED) is 0.599. The normalized spacial score (nSPS) is 12.7. The number of carbonyl (C=O) groups excluding carboxylic acids is 2. The van der Waals surface area contributed by atoms with E-state index in [1.807, 2.05) is 18.2 Å². The van der Waals surface area contributed by atoms with Crippen molar-refractivity contribution in [3.05, 3.63) is 69.6 Å². The second kappa shape index (κ2) is 6.34. The van der Waals surface area contributed by atoms with Crippen LogP contribution in [0.25, 0.3) is 6.08 Å². The maximum absolute atomic E-state index is 12.6. The van der Waals surface area contributed by atoms with E-state index < -0.39 is 5.97 Å². The van der Waals surface area contributed by atoms with Crippen LogP contribution in [0.3, 0.4) is 0 Å². The molecule has 3 rings (SSSR count). The summed E-state index contributed by atoms with van der Waals surface area (Å²) in [6.45, 7) is 0.406. The lowest BCUT2D eigenvalue weighted by Crippen LogP contribution is -2.28. The molecule has 5 nitrogen and oxygen atoms in total. The summed E-state index contributed by atoms with van der Waals surface area (Å²) in [4.78, 5) is 30.0. The number of aromatic nitrogens is 1. The molecule has 0 N–H and O–H groups in total. The lowest BCUT2D eigenvalue weighted by atomic mass is 10.1. The number of amides is 1. The molecule has 6 heteroatoms. The summed E-state index contributed by atoms with van der Waals surface area (Å²) in [7, 11) is 1.32. The molecular weight excluding hydrogens is 360 g/mol. The number of rotatable bonds is 2. The first-order valence-corrected chi connectivity index (χ1v) is 7.71. The number of halogens is 1. The van der Waals surface area contributed by atoms with Crippen LogP contribution < -0.4 is 0 Å². The maximum Gasteiger partial charge on any atom is 0.337 e. The Morgan fingerprint density at radius 1 is 1.13 bits per heavy atom. The van der Waals surface area contributed by atoms with Gasteiger partial charge in [0.25, 0.3) is 5.91 Å². The SMILES string of the molecule is COC(=O)c1ccc(C(=O)N2C=Cc3ccc(Br)nc3C2)cc1. The fourth-order valence-electron chi connectivity index (χ4n) is 2.32. The van der Waals surface area contributed by atoms with Crippen LogP contribution >= 0.6 is 15.9 Å². The Morgan fingerprint density at radius 2 is 1.83 bits per heavy atom. The fraction of sp³-hybridized carbons (Fsp3) is 0.118. The lowest BCUT2D eigenvalue weighted by Gasteiger charge is -2.23. The smallest absolute Gasteiger partial charge is 0.337 e. The minimum absolute atomic E-state index is 0.148. The number of methoxy groups -OCH3 is 1. The van der Waals surface area contributed by atoms with Gasteiger partial charge in [-0.15, -0.1) is 0 Å². The molecule has 0 aliphatic carbocycles. The highest BCUT2D eigenvalue weighted by Gasteiger charge is 2.19. The van der Waals surface area contributed by atoms with Crippen LogP contribution in [-0.2, 0) is 11.3 Å². The minimum Gasteiger partial charge on any atom is -0.465 e. The summed E-state index contributed by atoms with van der Waals surface area (Å²) in [5.74, 6) is -0.574. The van der Waals surface area contributed by atoms with E-state index in [2.05, 4.69) is 25.7 Å². The average Bonchev–Trinajstić information content (AvgIpc) is 2.59. The van der Waals surface area contributed by atoms with Gasteiger partial charge in [-0.3, -0.25) is 4.79 Å². The van der Waals surface area contributed by atoms with Gasteiger partial charge in [0, 0.05) is 11.8 Å². The highest BCUT2D eigenvalue weighted by molar-refractivity contribution is 9.10. The largest absolute Gasteiger partial charge is 0.465 e. The van der Waals surface area contributed by atoms with Crippen molar-refractivity contribution >= 4 is 33.9 Å². The number of carbonyl (C=O) groups is 2.